The highest BCUT2D eigenvalue weighted by molar-refractivity contribution is 7.89. The van der Waals surface area contributed by atoms with Crippen LogP contribution in [0.5, 0.6) is 0 Å². The Bertz CT molecular complexity index is 568. The molecular formula is C11H15F3N2O2S. The van der Waals surface area contributed by atoms with Gasteiger partial charge in [0.1, 0.15) is 4.90 Å². The third-order valence-electron chi connectivity index (χ3n) is 2.62. The number of hydrogen-bond acceptors (Lipinski definition) is 3. The quantitative estimate of drug-likeness (QED) is 0.836. The van der Waals surface area contributed by atoms with Gasteiger partial charge in [-0.1, -0.05) is 0 Å². The van der Waals surface area contributed by atoms with Crippen LogP contribution in [0.2, 0.25) is 0 Å². The van der Waals surface area contributed by atoms with Crippen molar-refractivity contribution in [3.8, 4) is 0 Å². The van der Waals surface area contributed by atoms with Crippen LogP contribution in [0.4, 0.5) is 18.9 Å². The minimum atomic E-state index is -4.41. The van der Waals surface area contributed by atoms with Gasteiger partial charge in [-0.25, -0.2) is 13.1 Å². The van der Waals surface area contributed by atoms with Crippen molar-refractivity contribution in [1.82, 2.24) is 4.72 Å². The van der Waals surface area contributed by atoms with E-state index in [0.717, 1.165) is 5.56 Å². The van der Waals surface area contributed by atoms with Gasteiger partial charge in [0.15, 0.2) is 0 Å². The van der Waals surface area contributed by atoms with E-state index in [9.17, 15) is 21.6 Å². The molecule has 1 rings (SSSR count). The van der Waals surface area contributed by atoms with Crippen molar-refractivity contribution in [3.63, 3.8) is 0 Å². The van der Waals surface area contributed by atoms with Crippen LogP contribution in [-0.4, -0.2) is 21.1 Å². The van der Waals surface area contributed by atoms with Crippen molar-refractivity contribution in [2.24, 2.45) is 0 Å². The first-order chi connectivity index (χ1) is 8.53. The number of halogens is 3. The molecule has 0 aliphatic heterocycles. The van der Waals surface area contributed by atoms with Crippen LogP contribution in [-0.2, 0) is 10.0 Å². The molecule has 0 aliphatic carbocycles. The van der Waals surface area contributed by atoms with E-state index in [1.807, 2.05) is 4.72 Å². The molecular weight excluding hydrogens is 281 g/mol. The summed E-state index contributed by atoms with van der Waals surface area (Å²) in [6.45, 7) is 2.75. The molecule has 0 unspecified atom stereocenters. The van der Waals surface area contributed by atoms with Crippen molar-refractivity contribution in [3.05, 3.63) is 23.3 Å². The molecule has 0 aromatic heterocycles. The maximum Gasteiger partial charge on any atom is 0.390 e. The highest BCUT2D eigenvalue weighted by Crippen LogP contribution is 2.23. The van der Waals surface area contributed by atoms with Crippen molar-refractivity contribution >= 4 is 15.7 Å². The molecule has 0 saturated heterocycles. The van der Waals surface area contributed by atoms with Crippen molar-refractivity contribution in [2.45, 2.75) is 31.3 Å². The average molecular weight is 296 g/mol. The van der Waals surface area contributed by atoms with Gasteiger partial charge in [0.2, 0.25) is 10.0 Å². The van der Waals surface area contributed by atoms with Crippen LogP contribution < -0.4 is 10.5 Å². The molecule has 108 valence electrons. The van der Waals surface area contributed by atoms with Crippen LogP contribution in [0.3, 0.4) is 0 Å². The topological polar surface area (TPSA) is 72.2 Å². The lowest BCUT2D eigenvalue weighted by molar-refractivity contribution is -0.132. The molecule has 19 heavy (non-hydrogen) atoms. The zero-order chi connectivity index (χ0) is 14.8. The van der Waals surface area contributed by atoms with Crippen LogP contribution in [0, 0.1) is 13.8 Å². The van der Waals surface area contributed by atoms with E-state index >= 15 is 0 Å². The van der Waals surface area contributed by atoms with E-state index in [1.54, 1.807) is 13.8 Å². The highest BCUT2D eigenvalue weighted by atomic mass is 32.2. The molecule has 0 heterocycles. The molecule has 0 amide bonds. The largest absolute Gasteiger partial charge is 0.398 e. The van der Waals surface area contributed by atoms with Crippen LogP contribution in [0.25, 0.3) is 0 Å². The summed E-state index contributed by atoms with van der Waals surface area (Å²) < 4.78 is 61.5. The molecule has 0 saturated carbocycles. The Kier molecular flexibility index (Phi) is 4.46. The molecule has 1 aromatic rings. The number of sulfonamides is 1. The van der Waals surface area contributed by atoms with Gasteiger partial charge >= 0.3 is 6.18 Å². The fourth-order valence-corrected chi connectivity index (χ4v) is 2.68. The standard InChI is InChI=1S/C11H15F3N2O2S/c1-7-5-9(15)10(6-8(7)2)19(17,18)16-4-3-11(12,13)14/h5-6,16H,3-4,15H2,1-2H3. The summed E-state index contributed by atoms with van der Waals surface area (Å²) in [4.78, 5) is -0.197. The van der Waals surface area contributed by atoms with Crippen LogP contribution in [0.1, 0.15) is 17.5 Å². The second kappa shape index (κ2) is 5.38. The number of alkyl halides is 3. The van der Waals surface area contributed by atoms with Gasteiger partial charge in [-0.15, -0.1) is 0 Å². The molecule has 0 fully saturated rings. The molecule has 0 aliphatic rings. The summed E-state index contributed by atoms with van der Waals surface area (Å²) in [6.07, 6.45) is -5.63. The summed E-state index contributed by atoms with van der Waals surface area (Å²) in [5, 5.41) is 0. The molecule has 4 nitrogen and oxygen atoms in total. The highest BCUT2D eigenvalue weighted by Gasteiger charge is 2.28. The Hall–Kier alpha value is -1.28. The third kappa shape index (κ3) is 4.39. The smallest absolute Gasteiger partial charge is 0.390 e. The number of rotatable bonds is 4. The summed E-state index contributed by atoms with van der Waals surface area (Å²) >= 11 is 0. The van der Waals surface area contributed by atoms with Gasteiger partial charge in [0.05, 0.1) is 12.1 Å². The number of nitrogens with two attached hydrogens (primary N) is 1. The SMILES string of the molecule is Cc1cc(N)c(S(=O)(=O)NCCC(F)(F)F)cc1C. The molecule has 0 spiro atoms. The van der Waals surface area contributed by atoms with E-state index in [-0.39, 0.29) is 10.6 Å². The van der Waals surface area contributed by atoms with Gasteiger partial charge < -0.3 is 5.73 Å². The fourth-order valence-electron chi connectivity index (χ4n) is 1.45. The third-order valence-corrected chi connectivity index (χ3v) is 4.13. The zero-order valence-corrected chi connectivity index (χ0v) is 11.3. The summed E-state index contributed by atoms with van der Waals surface area (Å²) in [6, 6.07) is 2.83. The van der Waals surface area contributed by atoms with Crippen molar-refractivity contribution in [1.29, 1.82) is 0 Å². The summed E-state index contributed by atoms with van der Waals surface area (Å²) in [5.41, 5.74) is 7.12. The summed E-state index contributed by atoms with van der Waals surface area (Å²) in [5.74, 6) is 0. The Morgan fingerprint density at radius 3 is 2.26 bits per heavy atom. The Morgan fingerprint density at radius 2 is 1.74 bits per heavy atom. The monoisotopic (exact) mass is 296 g/mol. The molecule has 8 heteroatoms. The Morgan fingerprint density at radius 1 is 1.21 bits per heavy atom. The normalized spacial score (nSPS) is 12.7. The number of anilines is 1. The lowest BCUT2D eigenvalue weighted by atomic mass is 10.1. The number of hydrogen-bond donors (Lipinski definition) is 2. The minimum Gasteiger partial charge on any atom is -0.398 e. The van der Waals surface area contributed by atoms with Gasteiger partial charge in [0.25, 0.3) is 0 Å². The maximum atomic E-state index is 12.0. The number of aryl methyl sites for hydroxylation is 2. The predicted octanol–water partition coefficient (Wildman–Crippen LogP) is 2.12. The van der Waals surface area contributed by atoms with Gasteiger partial charge in [-0.05, 0) is 37.1 Å². The second-order valence-corrected chi connectivity index (χ2v) is 5.97. The predicted molar refractivity (Wildman–Crippen MR) is 66.2 cm³/mol. The van der Waals surface area contributed by atoms with E-state index in [4.69, 9.17) is 5.73 Å². The minimum absolute atomic E-state index is 0.0163. The number of nitrogen functional groups attached to an aromatic ring is 1. The molecule has 0 radical (unpaired) electrons. The van der Waals surface area contributed by atoms with Crippen molar-refractivity contribution in [2.75, 3.05) is 12.3 Å². The van der Waals surface area contributed by atoms with Crippen LogP contribution in [0.15, 0.2) is 17.0 Å². The first-order valence-corrected chi connectivity index (χ1v) is 6.94. The number of benzene rings is 1. The first-order valence-electron chi connectivity index (χ1n) is 5.46. The summed E-state index contributed by atoms with van der Waals surface area (Å²) in [7, 11) is -4.03. The molecule has 0 atom stereocenters. The average Bonchev–Trinajstić information content (AvgIpc) is 2.20. The molecule has 0 bridgehead atoms. The first kappa shape index (κ1) is 15.8. The Balaban J connectivity index is 2.92. The fraction of sp³-hybridized carbons (Fsp3) is 0.455. The van der Waals surface area contributed by atoms with Crippen molar-refractivity contribution < 1.29 is 21.6 Å². The van der Waals surface area contributed by atoms with E-state index in [1.165, 1.54) is 12.1 Å². The lowest BCUT2D eigenvalue weighted by Crippen LogP contribution is -2.28. The van der Waals surface area contributed by atoms with E-state index in [0.29, 0.717) is 5.56 Å². The molecule has 3 N–H and O–H groups in total. The lowest BCUT2D eigenvalue weighted by Gasteiger charge is -2.12. The second-order valence-electron chi connectivity index (χ2n) is 4.24. The number of nitrogens with one attached hydrogen (secondary N) is 1. The maximum absolute atomic E-state index is 12.0. The molecule has 1 aromatic carbocycles. The van der Waals surface area contributed by atoms with Gasteiger partial charge in [0, 0.05) is 6.54 Å². The van der Waals surface area contributed by atoms with Crippen LogP contribution >= 0.6 is 0 Å². The van der Waals surface area contributed by atoms with E-state index in [2.05, 4.69) is 0 Å². The van der Waals surface area contributed by atoms with Gasteiger partial charge in [-0.2, -0.15) is 13.2 Å². The van der Waals surface area contributed by atoms with E-state index < -0.39 is 29.2 Å². The van der Waals surface area contributed by atoms with Gasteiger partial charge in [-0.3, -0.25) is 0 Å². The Labute approximate surface area is 109 Å². The zero-order valence-electron chi connectivity index (χ0n) is 10.5.